The smallest absolute Gasteiger partial charge is 0.270 e. The van der Waals surface area contributed by atoms with E-state index in [-0.39, 0.29) is 31.6 Å². The number of halogens is 2. The molecule has 0 bridgehead atoms. The van der Waals surface area contributed by atoms with Crippen LogP contribution in [0.5, 0.6) is 0 Å². The van der Waals surface area contributed by atoms with Crippen LogP contribution in [0.15, 0.2) is 0 Å². The average molecular weight is 425 g/mol. The van der Waals surface area contributed by atoms with Crippen molar-refractivity contribution in [3.8, 4) is 0 Å². The summed E-state index contributed by atoms with van der Waals surface area (Å²) >= 11 is 6.80. The Bertz CT molecular complexity index is 418. The second kappa shape index (κ2) is 6.15. The van der Waals surface area contributed by atoms with Crippen molar-refractivity contribution in [2.75, 3.05) is 18.8 Å². The van der Waals surface area contributed by atoms with E-state index in [1.54, 1.807) is 23.5 Å². The fourth-order valence-electron chi connectivity index (χ4n) is 1.92. The van der Waals surface area contributed by atoms with Gasteiger partial charge in [-0.05, 0) is 37.4 Å². The number of sulfone groups is 1. The summed E-state index contributed by atoms with van der Waals surface area (Å²) in [7, 11) is -2.90. The fourth-order valence-corrected chi connectivity index (χ4v) is 9.67. The molecule has 17 heavy (non-hydrogen) atoms. The number of hydrogen-bond acceptors (Lipinski definition) is 4. The molecule has 0 saturated carbocycles. The molecule has 0 spiro atoms. The van der Waals surface area contributed by atoms with Crippen LogP contribution < -0.4 is 17.0 Å². The Hall–Kier alpha value is 1.28. The van der Waals surface area contributed by atoms with Gasteiger partial charge >= 0.3 is 0 Å². The predicted octanol–water partition coefficient (Wildman–Crippen LogP) is -1.23. The highest BCUT2D eigenvalue weighted by Gasteiger charge is 2.53. The van der Waals surface area contributed by atoms with E-state index in [1.807, 2.05) is 0 Å². The number of fused-ring (bicyclic) bond motifs is 1. The molecule has 3 nitrogen and oxygen atoms in total. The van der Waals surface area contributed by atoms with E-state index in [2.05, 4.69) is 34.4 Å². The maximum Gasteiger partial charge on any atom is 0.270 e. The van der Waals surface area contributed by atoms with Crippen LogP contribution in [0.3, 0.4) is 0 Å². The molecule has 2 heterocycles. The van der Waals surface area contributed by atoms with Crippen molar-refractivity contribution in [2.24, 2.45) is 0 Å². The Morgan fingerprint density at radius 1 is 1.35 bits per heavy atom. The van der Waals surface area contributed by atoms with Crippen molar-refractivity contribution in [1.82, 2.24) is 0 Å². The molecule has 0 N–H and O–H groups in total. The number of alkyl halides is 1. The van der Waals surface area contributed by atoms with Crippen LogP contribution in [0.1, 0.15) is 13.8 Å². The van der Waals surface area contributed by atoms with E-state index in [1.165, 1.54) is 4.38 Å². The van der Waals surface area contributed by atoms with Crippen LogP contribution in [-0.2, 0) is 9.84 Å². The lowest BCUT2D eigenvalue weighted by molar-refractivity contribution is -0.515. The first-order valence-electron chi connectivity index (χ1n) is 5.30. The van der Waals surface area contributed by atoms with Gasteiger partial charge in [0.15, 0.2) is 9.84 Å². The fraction of sp³-hybridized carbons (Fsp3) is 0.889. The van der Waals surface area contributed by atoms with E-state index in [0.29, 0.717) is 5.75 Å². The van der Waals surface area contributed by atoms with Crippen molar-refractivity contribution in [3.63, 3.8) is 0 Å². The zero-order chi connectivity index (χ0) is 11.9. The minimum atomic E-state index is -2.90. The topological polar surface area (TPSA) is 37.1 Å². The Morgan fingerprint density at radius 2 is 1.94 bits per heavy atom. The Labute approximate surface area is 130 Å². The maximum absolute atomic E-state index is 11.7. The molecule has 0 aromatic carbocycles. The highest BCUT2D eigenvalue weighted by molar-refractivity contribution is 9.11. The summed E-state index contributed by atoms with van der Waals surface area (Å²) in [5.74, 6) is 0.315. The van der Waals surface area contributed by atoms with Crippen molar-refractivity contribution < 1.29 is 30.0 Å². The van der Waals surface area contributed by atoms with E-state index in [0.717, 1.165) is 13.1 Å². The van der Waals surface area contributed by atoms with Crippen LogP contribution in [0.25, 0.3) is 0 Å². The molecular formula is C9H15Br2NO2S3. The lowest BCUT2D eigenvalue weighted by Gasteiger charge is -2.06. The first-order chi connectivity index (χ1) is 7.49. The largest absolute Gasteiger partial charge is 1.00 e. The molecule has 0 aromatic rings. The normalized spacial score (nSPS) is 34.3. The number of hydrogen-bond donors (Lipinski definition) is 0. The van der Waals surface area contributed by atoms with Gasteiger partial charge in [-0.15, -0.1) is 0 Å². The predicted molar refractivity (Wildman–Crippen MR) is 75.6 cm³/mol. The molecule has 8 heteroatoms. The molecule has 0 radical (unpaired) electrons. The van der Waals surface area contributed by atoms with Crippen molar-refractivity contribution in [3.05, 3.63) is 0 Å². The Balaban J connectivity index is 0.00000144. The Morgan fingerprint density at radius 3 is 2.41 bits per heavy atom. The minimum absolute atomic E-state index is 0. The van der Waals surface area contributed by atoms with Crippen LogP contribution in [0.4, 0.5) is 0 Å². The average Bonchev–Trinajstić information content (AvgIpc) is 2.69. The lowest BCUT2D eigenvalue weighted by Crippen LogP contribution is -3.00. The highest BCUT2D eigenvalue weighted by atomic mass is 79.9. The third kappa shape index (κ3) is 3.07. The summed E-state index contributed by atoms with van der Waals surface area (Å²) in [5.41, 5.74) is 0. The lowest BCUT2D eigenvalue weighted by atomic mass is 10.4. The third-order valence-electron chi connectivity index (χ3n) is 2.88. The van der Waals surface area contributed by atoms with Gasteiger partial charge in [0.05, 0.1) is 11.0 Å². The number of thioether (sulfide) groups is 2. The SMILES string of the molecule is CC[N+](CC)=C1S[C@H]2CS(=O)(=O)C(Br)[C@H]2S1.[Br-]. The summed E-state index contributed by atoms with van der Waals surface area (Å²) in [6.45, 7) is 6.25. The molecular weight excluding hydrogens is 410 g/mol. The third-order valence-corrected chi connectivity index (χ3v) is 11.0. The molecule has 1 unspecified atom stereocenters. The monoisotopic (exact) mass is 423 g/mol. The molecule has 0 amide bonds. The standard InChI is InChI=1S/C9H15BrNO2S3.BrH/c1-3-11(4-2)9-14-6-5-16(12,13)8(10)7(6)15-9;/h6-8H,3-5H2,1-2H3;1H/q+1;/p-1/t6-,7-,8?;/m0./s1. The zero-order valence-corrected chi connectivity index (χ0v) is 15.2. The molecule has 0 aromatic heterocycles. The molecule has 2 aliphatic heterocycles. The van der Waals surface area contributed by atoms with Gasteiger partial charge < -0.3 is 17.0 Å². The van der Waals surface area contributed by atoms with Crippen molar-refractivity contribution in [1.29, 1.82) is 0 Å². The van der Waals surface area contributed by atoms with Gasteiger partial charge in [0.2, 0.25) is 0 Å². The summed E-state index contributed by atoms with van der Waals surface area (Å²) in [6, 6.07) is 0. The molecule has 0 aliphatic carbocycles. The first kappa shape index (κ1) is 16.3. The van der Waals surface area contributed by atoms with E-state index in [4.69, 9.17) is 0 Å². The number of nitrogens with zero attached hydrogens (tertiary/aromatic N) is 1. The molecule has 2 aliphatic rings. The van der Waals surface area contributed by atoms with Crippen molar-refractivity contribution in [2.45, 2.75) is 28.5 Å². The van der Waals surface area contributed by atoms with Gasteiger partial charge in [-0.2, -0.15) is 0 Å². The van der Waals surface area contributed by atoms with Crippen LogP contribution in [-0.4, -0.2) is 50.9 Å². The van der Waals surface area contributed by atoms with Gasteiger partial charge in [0, 0.05) is 5.25 Å². The molecule has 100 valence electrons. The summed E-state index contributed by atoms with van der Waals surface area (Å²) in [4.78, 5) is 0. The van der Waals surface area contributed by atoms with Crippen molar-refractivity contribution >= 4 is 53.7 Å². The van der Waals surface area contributed by atoms with E-state index < -0.39 is 9.84 Å². The van der Waals surface area contributed by atoms with Crippen LogP contribution >= 0.6 is 39.5 Å². The van der Waals surface area contributed by atoms with Gasteiger partial charge in [-0.25, -0.2) is 13.0 Å². The molecule has 2 rings (SSSR count). The van der Waals surface area contributed by atoms with Gasteiger partial charge in [0.25, 0.3) is 4.38 Å². The van der Waals surface area contributed by atoms with Gasteiger partial charge in [-0.3, -0.25) is 0 Å². The van der Waals surface area contributed by atoms with E-state index in [9.17, 15) is 8.42 Å². The quantitative estimate of drug-likeness (QED) is 0.410. The molecule has 3 atom stereocenters. The molecule has 2 saturated heterocycles. The van der Waals surface area contributed by atoms with Crippen LogP contribution in [0.2, 0.25) is 0 Å². The summed E-state index contributed by atoms with van der Waals surface area (Å²) in [6.07, 6.45) is 0. The Kier molecular flexibility index (Phi) is 5.91. The van der Waals surface area contributed by atoms with Gasteiger partial charge in [-0.1, -0.05) is 15.9 Å². The van der Waals surface area contributed by atoms with E-state index >= 15 is 0 Å². The van der Waals surface area contributed by atoms with Crippen LogP contribution in [0, 0.1) is 0 Å². The number of rotatable bonds is 2. The minimum Gasteiger partial charge on any atom is -1.00 e. The second-order valence-corrected chi connectivity index (χ2v) is 10.3. The zero-order valence-electron chi connectivity index (χ0n) is 9.60. The van der Waals surface area contributed by atoms with Gasteiger partial charge in [0.1, 0.15) is 17.2 Å². The second-order valence-electron chi connectivity index (χ2n) is 3.86. The summed E-state index contributed by atoms with van der Waals surface area (Å²) < 4.78 is 26.6. The molecule has 2 fully saturated rings. The first-order valence-corrected chi connectivity index (χ1v) is 9.69. The maximum atomic E-state index is 11.7. The highest BCUT2D eigenvalue weighted by Crippen LogP contribution is 2.49. The summed E-state index contributed by atoms with van der Waals surface area (Å²) in [5, 5.41) is 0.417.